The van der Waals surface area contributed by atoms with Gasteiger partial charge in [0.1, 0.15) is 0 Å². The lowest BCUT2D eigenvalue weighted by Gasteiger charge is -2.12. The molecule has 0 aliphatic heterocycles. The number of nitrogens with one attached hydrogen (secondary N) is 2. The lowest BCUT2D eigenvalue weighted by molar-refractivity contribution is -0.114. The van der Waals surface area contributed by atoms with Crippen LogP contribution in [-0.2, 0) is 14.8 Å². The van der Waals surface area contributed by atoms with Crippen molar-refractivity contribution in [3.63, 3.8) is 0 Å². The molecule has 1 amide bonds. The predicted octanol–water partition coefficient (Wildman–Crippen LogP) is 2.30. The molecule has 5 nitrogen and oxygen atoms in total. The van der Waals surface area contributed by atoms with Crippen molar-refractivity contribution < 1.29 is 13.2 Å². The van der Waals surface area contributed by atoms with Gasteiger partial charge in [-0.05, 0) is 30.4 Å². The third-order valence-electron chi connectivity index (χ3n) is 2.47. The molecule has 0 saturated heterocycles. The fourth-order valence-corrected chi connectivity index (χ4v) is 3.27. The zero-order valence-electron chi connectivity index (χ0n) is 12.1. The van der Waals surface area contributed by atoms with Crippen LogP contribution >= 0.6 is 11.8 Å². The van der Waals surface area contributed by atoms with E-state index >= 15 is 0 Å². The fraction of sp³-hybridized carbons (Fsp3) is 0.462. The van der Waals surface area contributed by atoms with Crippen LogP contribution in [0.4, 0.5) is 5.69 Å². The van der Waals surface area contributed by atoms with E-state index in [0.29, 0.717) is 12.2 Å². The van der Waals surface area contributed by atoms with Crippen molar-refractivity contribution in [1.29, 1.82) is 0 Å². The first kappa shape index (κ1) is 17.0. The van der Waals surface area contributed by atoms with Crippen molar-refractivity contribution in [2.45, 2.75) is 30.6 Å². The van der Waals surface area contributed by atoms with Crippen LogP contribution in [0.1, 0.15) is 20.8 Å². The minimum Gasteiger partial charge on any atom is -0.325 e. The number of sulfonamides is 1. The normalized spacial score (nSPS) is 11.7. The lowest BCUT2D eigenvalue weighted by atomic mass is 10.2. The predicted molar refractivity (Wildman–Crippen MR) is 82.6 cm³/mol. The van der Waals surface area contributed by atoms with Crippen molar-refractivity contribution in [3.05, 3.63) is 18.2 Å². The zero-order valence-corrected chi connectivity index (χ0v) is 13.7. The number of carbonyl (C=O) groups is 1. The maximum Gasteiger partial charge on any atom is 0.240 e. The van der Waals surface area contributed by atoms with Crippen LogP contribution in [0, 0.1) is 5.92 Å². The first-order chi connectivity index (χ1) is 9.26. The van der Waals surface area contributed by atoms with Gasteiger partial charge in [-0.3, -0.25) is 4.79 Å². The van der Waals surface area contributed by atoms with E-state index in [2.05, 4.69) is 10.0 Å². The van der Waals surface area contributed by atoms with Crippen LogP contribution in [0.3, 0.4) is 0 Å². The molecule has 112 valence electrons. The minimum absolute atomic E-state index is 0.153. The molecule has 0 radical (unpaired) electrons. The third kappa shape index (κ3) is 4.81. The second kappa shape index (κ2) is 7.10. The molecule has 0 saturated carbocycles. The Bertz CT molecular complexity index is 583. The van der Waals surface area contributed by atoms with Gasteiger partial charge in [-0.25, -0.2) is 13.1 Å². The van der Waals surface area contributed by atoms with Crippen LogP contribution in [0.25, 0.3) is 0 Å². The number of hydrogen-bond acceptors (Lipinski definition) is 4. The van der Waals surface area contributed by atoms with Crippen LogP contribution in [0.5, 0.6) is 0 Å². The monoisotopic (exact) mass is 316 g/mol. The topological polar surface area (TPSA) is 75.3 Å². The molecule has 0 aliphatic carbocycles. The average molecular weight is 316 g/mol. The van der Waals surface area contributed by atoms with Gasteiger partial charge < -0.3 is 5.32 Å². The number of benzene rings is 1. The summed E-state index contributed by atoms with van der Waals surface area (Å²) in [5.41, 5.74) is 0.512. The molecule has 0 unspecified atom stereocenters. The van der Waals surface area contributed by atoms with Crippen LogP contribution in [0.15, 0.2) is 28.0 Å². The first-order valence-corrected chi connectivity index (χ1v) is 8.92. The molecule has 0 heterocycles. The zero-order chi connectivity index (χ0) is 15.3. The number of carbonyl (C=O) groups excluding carboxylic acids is 1. The van der Waals surface area contributed by atoms with Gasteiger partial charge in [-0.1, -0.05) is 13.8 Å². The van der Waals surface area contributed by atoms with Gasteiger partial charge in [0, 0.05) is 18.4 Å². The van der Waals surface area contributed by atoms with Crippen molar-refractivity contribution >= 4 is 33.4 Å². The van der Waals surface area contributed by atoms with E-state index in [4.69, 9.17) is 0 Å². The highest BCUT2D eigenvalue weighted by Gasteiger charge is 2.16. The Kier molecular flexibility index (Phi) is 6.04. The van der Waals surface area contributed by atoms with Crippen LogP contribution < -0.4 is 10.0 Å². The fourth-order valence-electron chi connectivity index (χ4n) is 1.50. The highest BCUT2D eigenvalue weighted by molar-refractivity contribution is 7.98. The Morgan fingerprint density at radius 2 is 2.00 bits per heavy atom. The number of anilines is 1. The van der Waals surface area contributed by atoms with Gasteiger partial charge in [0.15, 0.2) is 0 Å². The van der Waals surface area contributed by atoms with Gasteiger partial charge in [0.2, 0.25) is 15.9 Å². The second-order valence-corrected chi connectivity index (χ2v) is 7.40. The molecule has 20 heavy (non-hydrogen) atoms. The number of amides is 1. The van der Waals surface area contributed by atoms with Crippen molar-refractivity contribution in [3.8, 4) is 0 Å². The van der Waals surface area contributed by atoms with Gasteiger partial charge >= 0.3 is 0 Å². The summed E-state index contributed by atoms with van der Waals surface area (Å²) in [5.74, 6) is -0.00459. The van der Waals surface area contributed by atoms with Crippen LogP contribution in [-0.4, -0.2) is 27.1 Å². The number of rotatable bonds is 6. The molecule has 0 fully saturated rings. The number of thioether (sulfide) groups is 1. The molecule has 2 N–H and O–H groups in total. The van der Waals surface area contributed by atoms with Gasteiger partial charge in [-0.2, -0.15) is 0 Å². The molecule has 0 atom stereocenters. The van der Waals surface area contributed by atoms with Crippen LogP contribution in [0.2, 0.25) is 0 Å². The van der Waals surface area contributed by atoms with E-state index in [0.717, 1.165) is 4.90 Å². The summed E-state index contributed by atoms with van der Waals surface area (Å²) >= 11 is 1.45. The maximum absolute atomic E-state index is 12.1. The highest BCUT2D eigenvalue weighted by atomic mass is 32.2. The van der Waals surface area contributed by atoms with Crippen molar-refractivity contribution in [1.82, 2.24) is 4.72 Å². The SMILES string of the molecule is CSc1ccc(S(=O)(=O)NCC(C)C)cc1NC(C)=O. The molecule has 1 aromatic rings. The smallest absolute Gasteiger partial charge is 0.240 e. The summed E-state index contributed by atoms with van der Waals surface area (Å²) in [6.07, 6.45) is 1.87. The Morgan fingerprint density at radius 3 is 2.50 bits per heavy atom. The Balaban J connectivity index is 3.10. The molecule has 0 aromatic heterocycles. The molecule has 0 aliphatic rings. The average Bonchev–Trinajstić information content (AvgIpc) is 2.35. The minimum atomic E-state index is -3.55. The third-order valence-corrected chi connectivity index (χ3v) is 4.69. The molecule has 1 rings (SSSR count). The summed E-state index contributed by atoms with van der Waals surface area (Å²) in [6.45, 7) is 5.63. The highest BCUT2D eigenvalue weighted by Crippen LogP contribution is 2.28. The molecule has 7 heteroatoms. The largest absolute Gasteiger partial charge is 0.325 e. The van der Waals surface area contributed by atoms with Crippen molar-refractivity contribution in [2.75, 3.05) is 18.1 Å². The first-order valence-electron chi connectivity index (χ1n) is 6.21. The lowest BCUT2D eigenvalue weighted by Crippen LogP contribution is -2.27. The van der Waals surface area contributed by atoms with E-state index < -0.39 is 10.0 Å². The summed E-state index contributed by atoms with van der Waals surface area (Å²) in [5, 5.41) is 2.65. The summed E-state index contributed by atoms with van der Waals surface area (Å²) in [7, 11) is -3.55. The molecular weight excluding hydrogens is 296 g/mol. The van der Waals surface area contributed by atoms with E-state index in [1.54, 1.807) is 12.1 Å². The number of hydrogen-bond donors (Lipinski definition) is 2. The molecule has 1 aromatic carbocycles. The summed E-state index contributed by atoms with van der Waals surface area (Å²) < 4.78 is 26.8. The Morgan fingerprint density at radius 1 is 1.35 bits per heavy atom. The summed E-state index contributed by atoms with van der Waals surface area (Å²) in [6, 6.07) is 4.72. The van der Waals surface area contributed by atoms with Crippen molar-refractivity contribution in [2.24, 2.45) is 5.92 Å². The maximum atomic E-state index is 12.1. The van der Waals surface area contributed by atoms with E-state index in [9.17, 15) is 13.2 Å². The molecule has 0 spiro atoms. The van der Waals surface area contributed by atoms with E-state index in [1.807, 2.05) is 20.1 Å². The standard InChI is InChI=1S/C13H20N2O3S2/c1-9(2)8-14-20(17,18)11-5-6-13(19-4)12(7-11)15-10(3)16/h5-7,9,14H,8H2,1-4H3,(H,15,16). The van der Waals surface area contributed by atoms with Gasteiger partial charge in [0.05, 0.1) is 10.6 Å². The second-order valence-electron chi connectivity index (χ2n) is 4.79. The van der Waals surface area contributed by atoms with Gasteiger partial charge in [-0.15, -0.1) is 11.8 Å². The summed E-state index contributed by atoms with van der Waals surface area (Å²) in [4.78, 5) is 12.1. The Hall–Kier alpha value is -1.05. The Labute approximate surface area is 124 Å². The molecule has 0 bridgehead atoms. The molecular formula is C13H20N2O3S2. The van der Waals surface area contributed by atoms with Gasteiger partial charge in [0.25, 0.3) is 0 Å². The quantitative estimate of drug-likeness (QED) is 0.790. The van der Waals surface area contributed by atoms with E-state index in [-0.39, 0.29) is 16.7 Å². The van der Waals surface area contributed by atoms with E-state index in [1.165, 1.54) is 24.8 Å².